The molecule has 4 nitrogen and oxygen atoms in total. The molecule has 0 aromatic heterocycles. The average Bonchev–Trinajstić information content (AvgIpc) is 2.66. The summed E-state index contributed by atoms with van der Waals surface area (Å²) >= 11 is 0. The SMILES string of the molecule is CCC(Oc1ccc(OC)cc1)C(=O)NC(CC(C)C)c1ccccc1. The lowest BCUT2D eigenvalue weighted by molar-refractivity contribution is -0.129. The lowest BCUT2D eigenvalue weighted by Gasteiger charge is -2.24. The zero-order valence-corrected chi connectivity index (χ0v) is 16.1. The highest BCUT2D eigenvalue weighted by molar-refractivity contribution is 5.81. The number of hydrogen-bond acceptors (Lipinski definition) is 3. The summed E-state index contributed by atoms with van der Waals surface area (Å²) in [5.74, 6) is 1.81. The van der Waals surface area contributed by atoms with Crippen LogP contribution in [0, 0.1) is 5.92 Å². The Morgan fingerprint density at radius 2 is 1.62 bits per heavy atom. The molecule has 2 rings (SSSR count). The minimum Gasteiger partial charge on any atom is -0.497 e. The van der Waals surface area contributed by atoms with Crippen molar-refractivity contribution in [1.82, 2.24) is 5.32 Å². The molecular weight excluding hydrogens is 326 g/mol. The molecule has 0 fully saturated rings. The maximum atomic E-state index is 12.8. The van der Waals surface area contributed by atoms with Gasteiger partial charge < -0.3 is 14.8 Å². The van der Waals surface area contributed by atoms with Crippen molar-refractivity contribution in [3.63, 3.8) is 0 Å². The van der Waals surface area contributed by atoms with Gasteiger partial charge in [0.25, 0.3) is 5.91 Å². The lowest BCUT2D eigenvalue weighted by atomic mass is 9.96. The van der Waals surface area contributed by atoms with E-state index in [1.165, 1.54) is 0 Å². The van der Waals surface area contributed by atoms with E-state index in [0.717, 1.165) is 17.7 Å². The fourth-order valence-electron chi connectivity index (χ4n) is 2.84. The lowest BCUT2D eigenvalue weighted by Crippen LogP contribution is -2.40. The largest absolute Gasteiger partial charge is 0.497 e. The van der Waals surface area contributed by atoms with E-state index < -0.39 is 6.10 Å². The van der Waals surface area contributed by atoms with Gasteiger partial charge in [0.2, 0.25) is 0 Å². The maximum Gasteiger partial charge on any atom is 0.261 e. The fourth-order valence-corrected chi connectivity index (χ4v) is 2.84. The number of methoxy groups -OCH3 is 1. The number of ether oxygens (including phenoxy) is 2. The molecule has 0 spiro atoms. The summed E-state index contributed by atoms with van der Waals surface area (Å²) in [5, 5.41) is 3.17. The molecule has 0 bridgehead atoms. The van der Waals surface area contributed by atoms with Crippen LogP contribution in [-0.2, 0) is 4.79 Å². The van der Waals surface area contributed by atoms with Crippen LogP contribution in [0.1, 0.15) is 45.2 Å². The molecule has 2 aromatic rings. The van der Waals surface area contributed by atoms with Crippen molar-refractivity contribution in [3.05, 3.63) is 60.2 Å². The van der Waals surface area contributed by atoms with Crippen molar-refractivity contribution in [2.24, 2.45) is 5.92 Å². The van der Waals surface area contributed by atoms with Gasteiger partial charge >= 0.3 is 0 Å². The third kappa shape index (κ3) is 5.80. The van der Waals surface area contributed by atoms with Gasteiger partial charge in [-0.05, 0) is 48.6 Å². The molecule has 26 heavy (non-hydrogen) atoms. The molecule has 0 aliphatic rings. The summed E-state index contributed by atoms with van der Waals surface area (Å²) in [4.78, 5) is 12.8. The standard InChI is InChI=1S/C22H29NO3/c1-5-21(26-19-13-11-18(25-4)12-14-19)22(24)23-20(15-16(2)3)17-9-7-6-8-10-17/h6-14,16,20-21H,5,15H2,1-4H3,(H,23,24). The first-order valence-electron chi connectivity index (χ1n) is 9.19. The molecule has 4 heteroatoms. The van der Waals surface area contributed by atoms with E-state index in [4.69, 9.17) is 9.47 Å². The van der Waals surface area contributed by atoms with Gasteiger partial charge in [-0.2, -0.15) is 0 Å². The number of rotatable bonds is 9. The van der Waals surface area contributed by atoms with Gasteiger partial charge in [0.05, 0.1) is 13.2 Å². The number of benzene rings is 2. The van der Waals surface area contributed by atoms with Crippen LogP contribution in [-0.4, -0.2) is 19.1 Å². The molecule has 140 valence electrons. The van der Waals surface area contributed by atoms with Crippen LogP contribution in [0.3, 0.4) is 0 Å². The van der Waals surface area contributed by atoms with Gasteiger partial charge in [0, 0.05) is 0 Å². The average molecular weight is 355 g/mol. The third-order valence-electron chi connectivity index (χ3n) is 4.23. The number of amides is 1. The molecule has 2 unspecified atom stereocenters. The minimum absolute atomic E-state index is 0.0165. The van der Waals surface area contributed by atoms with Gasteiger partial charge in [-0.1, -0.05) is 51.1 Å². The first-order valence-corrected chi connectivity index (χ1v) is 9.19. The van der Waals surface area contributed by atoms with E-state index in [1.807, 2.05) is 49.4 Å². The molecule has 1 N–H and O–H groups in total. The van der Waals surface area contributed by atoms with E-state index in [1.54, 1.807) is 7.11 Å². The highest BCUT2D eigenvalue weighted by Crippen LogP contribution is 2.23. The van der Waals surface area contributed by atoms with Crippen LogP contribution in [0.2, 0.25) is 0 Å². The Labute approximate surface area is 156 Å². The molecule has 0 aliphatic heterocycles. The topological polar surface area (TPSA) is 47.6 Å². The first-order chi connectivity index (χ1) is 12.5. The molecule has 0 saturated carbocycles. The molecule has 0 radical (unpaired) electrons. The van der Waals surface area contributed by atoms with Gasteiger partial charge in [-0.25, -0.2) is 0 Å². The summed E-state index contributed by atoms with van der Waals surface area (Å²) in [6.45, 7) is 6.27. The molecule has 0 aliphatic carbocycles. The smallest absolute Gasteiger partial charge is 0.261 e. The van der Waals surface area contributed by atoms with Crippen molar-refractivity contribution in [3.8, 4) is 11.5 Å². The van der Waals surface area contributed by atoms with Crippen LogP contribution in [0.15, 0.2) is 54.6 Å². The Kier molecular flexibility index (Phi) is 7.52. The molecule has 2 aromatic carbocycles. The van der Waals surface area contributed by atoms with Gasteiger partial charge in [0.15, 0.2) is 6.10 Å². The van der Waals surface area contributed by atoms with Crippen molar-refractivity contribution >= 4 is 5.91 Å². The summed E-state index contributed by atoms with van der Waals surface area (Å²) in [6, 6.07) is 17.4. The van der Waals surface area contributed by atoms with Gasteiger partial charge in [0.1, 0.15) is 11.5 Å². The molecule has 1 amide bonds. The number of carbonyl (C=O) groups excluding carboxylic acids is 1. The highest BCUT2D eigenvalue weighted by atomic mass is 16.5. The summed E-state index contributed by atoms with van der Waals surface area (Å²) in [6.07, 6.45) is 0.956. The Bertz CT molecular complexity index is 668. The second-order valence-corrected chi connectivity index (χ2v) is 6.79. The summed E-state index contributed by atoms with van der Waals surface area (Å²) in [7, 11) is 1.62. The second kappa shape index (κ2) is 9.85. The van der Waals surface area contributed by atoms with Crippen LogP contribution in [0.4, 0.5) is 0 Å². The second-order valence-electron chi connectivity index (χ2n) is 6.79. The molecule has 0 heterocycles. The minimum atomic E-state index is -0.526. The van der Waals surface area contributed by atoms with Gasteiger partial charge in [-0.3, -0.25) is 4.79 Å². The van der Waals surface area contributed by atoms with Crippen molar-refractivity contribution < 1.29 is 14.3 Å². The Hall–Kier alpha value is -2.49. The van der Waals surface area contributed by atoms with Crippen LogP contribution < -0.4 is 14.8 Å². The zero-order chi connectivity index (χ0) is 18.9. The quantitative estimate of drug-likeness (QED) is 0.706. The third-order valence-corrected chi connectivity index (χ3v) is 4.23. The van der Waals surface area contributed by atoms with Crippen LogP contribution in [0.5, 0.6) is 11.5 Å². The van der Waals surface area contributed by atoms with Crippen LogP contribution >= 0.6 is 0 Å². The summed E-state index contributed by atoms with van der Waals surface area (Å²) in [5.41, 5.74) is 1.12. The van der Waals surface area contributed by atoms with E-state index in [-0.39, 0.29) is 11.9 Å². The van der Waals surface area contributed by atoms with E-state index in [2.05, 4.69) is 31.3 Å². The number of nitrogens with one attached hydrogen (secondary N) is 1. The number of carbonyl (C=O) groups is 1. The Morgan fingerprint density at radius 1 is 1.00 bits per heavy atom. The van der Waals surface area contributed by atoms with E-state index in [9.17, 15) is 4.79 Å². The Morgan fingerprint density at radius 3 is 2.15 bits per heavy atom. The molecule has 2 atom stereocenters. The summed E-state index contributed by atoms with van der Waals surface area (Å²) < 4.78 is 11.1. The van der Waals surface area contributed by atoms with Gasteiger partial charge in [-0.15, -0.1) is 0 Å². The van der Waals surface area contributed by atoms with E-state index >= 15 is 0 Å². The molecule has 0 saturated heterocycles. The Balaban J connectivity index is 2.07. The normalized spacial score (nSPS) is 13.1. The maximum absolute atomic E-state index is 12.8. The predicted octanol–water partition coefficient (Wildman–Crippen LogP) is 4.76. The molecular formula is C22H29NO3. The zero-order valence-electron chi connectivity index (χ0n) is 16.1. The van der Waals surface area contributed by atoms with Crippen molar-refractivity contribution in [1.29, 1.82) is 0 Å². The van der Waals surface area contributed by atoms with E-state index in [0.29, 0.717) is 18.1 Å². The number of hydrogen-bond donors (Lipinski definition) is 1. The van der Waals surface area contributed by atoms with Crippen molar-refractivity contribution in [2.45, 2.75) is 45.8 Å². The fraction of sp³-hybridized carbons (Fsp3) is 0.409. The highest BCUT2D eigenvalue weighted by Gasteiger charge is 2.23. The van der Waals surface area contributed by atoms with Crippen LogP contribution in [0.25, 0.3) is 0 Å². The predicted molar refractivity (Wildman–Crippen MR) is 104 cm³/mol. The van der Waals surface area contributed by atoms with Crippen molar-refractivity contribution in [2.75, 3.05) is 7.11 Å². The monoisotopic (exact) mass is 355 g/mol. The first kappa shape index (κ1) is 19.8.